The summed E-state index contributed by atoms with van der Waals surface area (Å²) in [5.41, 5.74) is 4.09. The van der Waals surface area contributed by atoms with Gasteiger partial charge in [0, 0.05) is 0 Å². The Hall–Kier alpha value is -0.508. The molecule has 0 N–H and O–H groups in total. The fourth-order valence-corrected chi connectivity index (χ4v) is 6.89. The summed E-state index contributed by atoms with van der Waals surface area (Å²) in [6.07, 6.45) is 4.77. The molecule has 0 unspecified atom stereocenters. The quantitative estimate of drug-likeness (QED) is 0.529. The summed E-state index contributed by atoms with van der Waals surface area (Å²) < 4.78 is 0. The third-order valence-corrected chi connectivity index (χ3v) is 7.79. The Morgan fingerprint density at radius 3 is 1.85 bits per heavy atom. The molecule has 0 aromatic heterocycles. The number of hydrogen-bond donors (Lipinski definition) is 0. The molecule has 1 aromatic carbocycles. The molecular weight excluding hydrogens is 255 g/mol. The standard InChI is InChI=1S/C11H13.2C4H9.Al/c1-4-5-11-7-9(2)6-10(3)8-11;2*1-4(2)3;/h4-8H,1H2,2-3H3;2*4H,1H2,2-3H3;. The molecule has 0 saturated heterocycles. The van der Waals surface area contributed by atoms with Crippen LogP contribution in [0.1, 0.15) is 44.4 Å². The van der Waals surface area contributed by atoms with Gasteiger partial charge in [-0.1, -0.05) is 96.9 Å². The van der Waals surface area contributed by atoms with Crippen LogP contribution in [0.25, 0.3) is 6.08 Å². The fourth-order valence-electron chi connectivity index (χ4n) is 3.12. The van der Waals surface area contributed by atoms with E-state index in [1.165, 1.54) is 32.5 Å². The SMILES string of the molecule is Cc1cc(C)cc(C=C[CH2][Al]([CH2]C(C)C)[CH2]C(C)C)c1. The van der Waals surface area contributed by atoms with E-state index in [1.54, 1.807) is 0 Å². The molecule has 0 aliphatic heterocycles. The molecule has 0 bridgehead atoms. The molecule has 0 radical (unpaired) electrons. The van der Waals surface area contributed by atoms with Gasteiger partial charge < -0.3 is 0 Å². The topological polar surface area (TPSA) is 0 Å². The summed E-state index contributed by atoms with van der Waals surface area (Å²) in [4.78, 5) is 0. The van der Waals surface area contributed by atoms with Crippen molar-refractivity contribution in [2.24, 2.45) is 11.8 Å². The summed E-state index contributed by atoms with van der Waals surface area (Å²) in [5.74, 6) is 1.72. The predicted molar refractivity (Wildman–Crippen MR) is 94.8 cm³/mol. The molecule has 1 rings (SSSR count). The van der Waals surface area contributed by atoms with E-state index in [2.05, 4.69) is 71.9 Å². The van der Waals surface area contributed by atoms with Crippen LogP contribution < -0.4 is 0 Å². The molecule has 0 fully saturated rings. The summed E-state index contributed by atoms with van der Waals surface area (Å²) in [6, 6.07) is 6.81. The lowest BCUT2D eigenvalue weighted by Crippen LogP contribution is -2.16. The molecule has 0 heterocycles. The maximum atomic E-state index is 2.44. The van der Waals surface area contributed by atoms with Gasteiger partial charge in [0.1, 0.15) is 0 Å². The zero-order chi connectivity index (χ0) is 15.1. The van der Waals surface area contributed by atoms with Gasteiger partial charge in [0.2, 0.25) is 0 Å². The Labute approximate surface area is 130 Å². The molecule has 0 spiro atoms. The van der Waals surface area contributed by atoms with Crippen molar-refractivity contribution in [3.8, 4) is 0 Å². The highest BCUT2D eigenvalue weighted by atomic mass is 27.2. The Morgan fingerprint density at radius 2 is 1.40 bits per heavy atom. The van der Waals surface area contributed by atoms with E-state index in [0.29, 0.717) is 0 Å². The van der Waals surface area contributed by atoms with Crippen molar-refractivity contribution in [3.63, 3.8) is 0 Å². The van der Waals surface area contributed by atoms with Crippen LogP contribution in [0.15, 0.2) is 24.3 Å². The van der Waals surface area contributed by atoms with Crippen LogP contribution in [0.2, 0.25) is 15.8 Å². The van der Waals surface area contributed by atoms with Gasteiger partial charge in [-0.05, 0) is 19.4 Å². The lowest BCUT2D eigenvalue weighted by molar-refractivity contribution is 0.689. The van der Waals surface area contributed by atoms with E-state index in [0.717, 1.165) is 11.8 Å². The maximum Gasteiger partial charge on any atom is 0.266 e. The molecule has 0 amide bonds. The Bertz CT molecular complexity index is 399. The fraction of sp³-hybridized carbons (Fsp3) is 0.579. The monoisotopic (exact) mass is 286 g/mol. The molecule has 0 nitrogen and oxygen atoms in total. The third-order valence-electron chi connectivity index (χ3n) is 3.63. The second-order valence-electron chi connectivity index (χ2n) is 7.18. The number of hydrogen-bond acceptors (Lipinski definition) is 0. The normalized spacial score (nSPS) is 11.8. The molecule has 1 aromatic rings. The first kappa shape index (κ1) is 17.5. The van der Waals surface area contributed by atoms with Gasteiger partial charge in [0.05, 0.1) is 0 Å². The number of rotatable bonds is 7. The molecule has 0 aliphatic carbocycles. The minimum Gasteiger partial charge on any atom is -0.0969 e. The van der Waals surface area contributed by atoms with Gasteiger partial charge >= 0.3 is 0 Å². The van der Waals surface area contributed by atoms with Gasteiger partial charge in [0.25, 0.3) is 14.1 Å². The van der Waals surface area contributed by atoms with E-state index < -0.39 is 14.1 Å². The minimum atomic E-state index is -0.602. The van der Waals surface area contributed by atoms with Crippen molar-refractivity contribution in [1.29, 1.82) is 0 Å². The van der Waals surface area contributed by atoms with E-state index in [1.807, 2.05) is 0 Å². The lowest BCUT2D eigenvalue weighted by Gasteiger charge is -2.14. The molecule has 0 atom stereocenters. The first-order valence-electron chi connectivity index (χ1n) is 8.11. The van der Waals surface area contributed by atoms with E-state index in [9.17, 15) is 0 Å². The molecule has 0 saturated carbocycles. The van der Waals surface area contributed by atoms with E-state index in [4.69, 9.17) is 0 Å². The summed E-state index contributed by atoms with van der Waals surface area (Å²) in [6.45, 7) is 13.8. The van der Waals surface area contributed by atoms with Gasteiger partial charge in [-0.25, -0.2) is 0 Å². The summed E-state index contributed by atoms with van der Waals surface area (Å²) >= 11 is -0.602. The maximum absolute atomic E-state index is 2.44. The van der Waals surface area contributed by atoms with Gasteiger partial charge in [-0.3, -0.25) is 0 Å². The average molecular weight is 286 g/mol. The Balaban J connectivity index is 2.62. The minimum absolute atomic E-state index is 0.602. The summed E-state index contributed by atoms with van der Waals surface area (Å²) in [7, 11) is 0. The highest BCUT2D eigenvalue weighted by molar-refractivity contribution is 6.59. The zero-order valence-corrected chi connectivity index (χ0v) is 15.4. The Morgan fingerprint density at radius 1 is 0.900 bits per heavy atom. The molecular formula is C19H31Al. The van der Waals surface area contributed by atoms with Crippen molar-refractivity contribution in [2.45, 2.75) is 57.4 Å². The lowest BCUT2D eigenvalue weighted by atomic mass is 10.1. The number of benzene rings is 1. The zero-order valence-electron chi connectivity index (χ0n) is 14.2. The van der Waals surface area contributed by atoms with Crippen molar-refractivity contribution < 1.29 is 0 Å². The van der Waals surface area contributed by atoms with Crippen molar-refractivity contribution in [1.82, 2.24) is 0 Å². The molecule has 1 heteroatoms. The second kappa shape index (κ2) is 8.71. The predicted octanol–water partition coefficient (Wildman–Crippen LogP) is 6.12. The highest BCUT2D eigenvalue weighted by Crippen LogP contribution is 2.19. The number of allylic oxidation sites excluding steroid dienone is 1. The van der Waals surface area contributed by atoms with Crippen LogP contribution >= 0.6 is 0 Å². The molecule has 0 aliphatic rings. The van der Waals surface area contributed by atoms with E-state index in [-0.39, 0.29) is 0 Å². The Kier molecular flexibility index (Phi) is 7.64. The molecule has 110 valence electrons. The largest absolute Gasteiger partial charge is 0.266 e. The van der Waals surface area contributed by atoms with Crippen LogP contribution in [0.3, 0.4) is 0 Å². The average Bonchev–Trinajstić information content (AvgIpc) is 2.25. The first-order chi connectivity index (χ1) is 9.36. The van der Waals surface area contributed by atoms with E-state index >= 15 is 0 Å². The van der Waals surface area contributed by atoms with Crippen molar-refractivity contribution >= 4 is 20.2 Å². The summed E-state index contributed by atoms with van der Waals surface area (Å²) in [5, 5.41) is 4.31. The smallest absolute Gasteiger partial charge is 0.0969 e. The van der Waals surface area contributed by atoms with Crippen LogP contribution in [-0.4, -0.2) is 14.1 Å². The highest BCUT2D eigenvalue weighted by Gasteiger charge is 2.18. The number of aryl methyl sites for hydroxylation is 2. The third kappa shape index (κ3) is 7.32. The molecule has 20 heavy (non-hydrogen) atoms. The van der Waals surface area contributed by atoms with Crippen molar-refractivity contribution in [2.75, 3.05) is 0 Å². The van der Waals surface area contributed by atoms with Gasteiger partial charge in [0.15, 0.2) is 0 Å². The first-order valence-corrected chi connectivity index (χ1v) is 10.6. The van der Waals surface area contributed by atoms with Crippen LogP contribution in [-0.2, 0) is 0 Å². The van der Waals surface area contributed by atoms with Crippen LogP contribution in [0, 0.1) is 25.7 Å². The van der Waals surface area contributed by atoms with Crippen LogP contribution in [0.5, 0.6) is 0 Å². The van der Waals surface area contributed by atoms with Gasteiger partial charge in [-0.2, -0.15) is 0 Å². The van der Waals surface area contributed by atoms with Crippen LogP contribution in [0.4, 0.5) is 0 Å². The van der Waals surface area contributed by atoms with Gasteiger partial charge in [-0.15, -0.1) is 0 Å². The van der Waals surface area contributed by atoms with Crippen molar-refractivity contribution in [3.05, 3.63) is 41.0 Å². The second-order valence-corrected chi connectivity index (χ2v) is 10.3.